The molecule has 4 N–H and O–H groups in total. The number of hydrogen-bond acceptors (Lipinski definition) is 4. The van der Waals surface area contributed by atoms with Crippen molar-refractivity contribution in [1.29, 1.82) is 0 Å². The maximum absolute atomic E-state index is 12.8. The van der Waals surface area contributed by atoms with Gasteiger partial charge in [-0.3, -0.25) is 9.59 Å². The lowest BCUT2D eigenvalue weighted by Gasteiger charge is -2.14. The lowest BCUT2D eigenvalue weighted by Crippen LogP contribution is -2.17. The molecule has 178 valence electrons. The summed E-state index contributed by atoms with van der Waals surface area (Å²) in [4.78, 5) is 25.6. The average molecular weight is 461 g/mol. The van der Waals surface area contributed by atoms with E-state index in [1.165, 1.54) is 0 Å². The van der Waals surface area contributed by atoms with Crippen molar-refractivity contribution in [3.63, 3.8) is 0 Å². The first-order chi connectivity index (χ1) is 16.4. The van der Waals surface area contributed by atoms with Gasteiger partial charge in [0.15, 0.2) is 0 Å². The summed E-state index contributed by atoms with van der Waals surface area (Å²) in [6, 6.07) is 16.9. The average Bonchev–Trinajstić information content (AvgIpc) is 2.82. The Kier molecular flexibility index (Phi) is 8.68. The smallest absolute Gasteiger partial charge is 0.259 e. The predicted octanol–water partition coefficient (Wildman–Crippen LogP) is 6.29. The molecule has 2 amide bonds. The molecule has 0 radical (unpaired) electrons. The Labute approximate surface area is 200 Å². The summed E-state index contributed by atoms with van der Waals surface area (Å²) in [5.74, 6) is -1.13. The number of amides is 2. The third-order valence-corrected chi connectivity index (χ3v) is 5.68. The number of benzene rings is 3. The summed E-state index contributed by atoms with van der Waals surface area (Å²) in [7, 11) is 0. The maximum Gasteiger partial charge on any atom is 0.259 e. The predicted molar refractivity (Wildman–Crippen MR) is 136 cm³/mol. The Bertz CT molecular complexity index is 1070. The van der Waals surface area contributed by atoms with Crippen molar-refractivity contribution < 1.29 is 19.8 Å². The van der Waals surface area contributed by atoms with Gasteiger partial charge in [0.25, 0.3) is 11.8 Å². The molecular formula is C28H32N2O4. The van der Waals surface area contributed by atoms with E-state index in [1.54, 1.807) is 48.5 Å². The molecule has 3 aromatic rings. The van der Waals surface area contributed by atoms with Crippen LogP contribution in [0, 0.1) is 0 Å². The quantitative estimate of drug-likeness (QED) is 0.286. The van der Waals surface area contributed by atoms with Crippen molar-refractivity contribution in [1.82, 2.24) is 0 Å². The number of nitrogens with one attached hydrogen (secondary N) is 2. The molecule has 0 aliphatic rings. The molecule has 6 nitrogen and oxygen atoms in total. The van der Waals surface area contributed by atoms with E-state index in [0.717, 1.165) is 49.7 Å². The lowest BCUT2D eigenvalue weighted by molar-refractivity contribution is 0.101. The second-order valence-corrected chi connectivity index (χ2v) is 8.36. The summed E-state index contributed by atoms with van der Waals surface area (Å²) >= 11 is 0. The Morgan fingerprint density at radius 3 is 1.44 bits per heavy atom. The highest BCUT2D eigenvalue weighted by Gasteiger charge is 2.17. The number of rotatable bonds is 10. The van der Waals surface area contributed by atoms with Crippen LogP contribution in [0.1, 0.15) is 71.4 Å². The van der Waals surface area contributed by atoms with Gasteiger partial charge in [0.1, 0.15) is 11.5 Å². The number of para-hydroxylation sites is 2. The maximum atomic E-state index is 12.8. The molecule has 3 aromatic carbocycles. The normalized spacial score (nSPS) is 10.6. The van der Waals surface area contributed by atoms with Gasteiger partial charge >= 0.3 is 0 Å². The number of unbranched alkanes of at least 4 members (excludes halogenated alkanes) is 2. The summed E-state index contributed by atoms with van der Waals surface area (Å²) in [6.45, 7) is 4.20. The first-order valence-electron chi connectivity index (χ1n) is 11.8. The summed E-state index contributed by atoms with van der Waals surface area (Å²) in [6.07, 6.45) is 5.79. The van der Waals surface area contributed by atoms with Crippen LogP contribution in [0.15, 0.2) is 60.7 Å². The number of anilines is 2. The molecule has 34 heavy (non-hydrogen) atoms. The van der Waals surface area contributed by atoms with Crippen LogP contribution in [0.25, 0.3) is 0 Å². The molecule has 0 fully saturated rings. The molecule has 0 saturated carbocycles. The van der Waals surface area contributed by atoms with Crippen LogP contribution in [-0.2, 0) is 12.8 Å². The fourth-order valence-electron chi connectivity index (χ4n) is 3.69. The van der Waals surface area contributed by atoms with E-state index >= 15 is 0 Å². The van der Waals surface area contributed by atoms with Crippen molar-refractivity contribution in [3.8, 4) is 11.5 Å². The molecular weight excluding hydrogens is 428 g/mol. The van der Waals surface area contributed by atoms with Crippen molar-refractivity contribution in [2.75, 3.05) is 10.6 Å². The van der Waals surface area contributed by atoms with Gasteiger partial charge in [-0.2, -0.15) is 0 Å². The molecule has 6 heteroatoms. The van der Waals surface area contributed by atoms with Gasteiger partial charge in [0, 0.05) is 0 Å². The Balaban J connectivity index is 1.74. The molecule has 3 rings (SSSR count). The van der Waals surface area contributed by atoms with Gasteiger partial charge in [-0.05, 0) is 73.2 Å². The number of aryl methyl sites for hydroxylation is 2. The third-order valence-electron chi connectivity index (χ3n) is 5.68. The van der Waals surface area contributed by atoms with E-state index in [1.807, 2.05) is 12.1 Å². The van der Waals surface area contributed by atoms with Crippen LogP contribution < -0.4 is 10.6 Å². The SMILES string of the molecule is CCCCc1ccc(C(=O)Nc2ccccc2NC(=O)c2ccc(CCCC)cc2O)c(O)c1. The standard InChI is InChI=1S/C28H32N2O4/c1-3-5-9-19-13-15-21(25(31)17-19)27(33)29-23-11-7-8-12-24(23)30-28(34)22-16-14-20(10-6-4-2)18-26(22)32/h7-8,11-18,31-32H,3-6,9-10H2,1-2H3,(H,29,33)(H,30,34). The Hall–Kier alpha value is -3.80. The monoisotopic (exact) mass is 460 g/mol. The van der Waals surface area contributed by atoms with Crippen LogP contribution in [0.4, 0.5) is 11.4 Å². The molecule has 0 unspecified atom stereocenters. The molecule has 0 aliphatic heterocycles. The minimum Gasteiger partial charge on any atom is -0.507 e. The second kappa shape index (κ2) is 11.9. The molecule has 0 atom stereocenters. The molecule has 0 aliphatic carbocycles. The van der Waals surface area contributed by atoms with Gasteiger partial charge in [0.2, 0.25) is 0 Å². The summed E-state index contributed by atoms with van der Waals surface area (Å²) < 4.78 is 0. The highest BCUT2D eigenvalue weighted by molar-refractivity contribution is 6.11. The lowest BCUT2D eigenvalue weighted by atomic mass is 10.0. The van der Waals surface area contributed by atoms with Crippen molar-refractivity contribution >= 4 is 23.2 Å². The van der Waals surface area contributed by atoms with Crippen LogP contribution in [-0.4, -0.2) is 22.0 Å². The fraction of sp³-hybridized carbons (Fsp3) is 0.286. The zero-order valence-corrected chi connectivity index (χ0v) is 19.7. The minimum atomic E-state index is -0.482. The zero-order valence-electron chi connectivity index (χ0n) is 19.7. The number of carbonyl (C=O) groups excluding carboxylic acids is 2. The van der Waals surface area contributed by atoms with E-state index in [4.69, 9.17) is 0 Å². The number of phenolic OH excluding ortho intramolecular Hbond substituents is 2. The Morgan fingerprint density at radius 1 is 0.676 bits per heavy atom. The third kappa shape index (κ3) is 6.38. The van der Waals surface area contributed by atoms with Gasteiger partial charge in [-0.1, -0.05) is 51.0 Å². The van der Waals surface area contributed by atoms with Crippen LogP contribution in [0.3, 0.4) is 0 Å². The highest BCUT2D eigenvalue weighted by Crippen LogP contribution is 2.27. The van der Waals surface area contributed by atoms with Crippen LogP contribution >= 0.6 is 0 Å². The van der Waals surface area contributed by atoms with Gasteiger partial charge in [-0.25, -0.2) is 0 Å². The zero-order chi connectivity index (χ0) is 24.5. The highest BCUT2D eigenvalue weighted by atomic mass is 16.3. The van der Waals surface area contributed by atoms with Gasteiger partial charge < -0.3 is 20.8 Å². The molecule has 0 heterocycles. The Morgan fingerprint density at radius 2 is 1.09 bits per heavy atom. The van der Waals surface area contributed by atoms with Crippen molar-refractivity contribution in [2.24, 2.45) is 0 Å². The van der Waals surface area contributed by atoms with Crippen LogP contribution in [0.2, 0.25) is 0 Å². The van der Waals surface area contributed by atoms with Gasteiger partial charge in [0.05, 0.1) is 22.5 Å². The fourth-order valence-corrected chi connectivity index (χ4v) is 3.69. The van der Waals surface area contributed by atoms with E-state index in [0.29, 0.717) is 11.4 Å². The minimum absolute atomic E-state index is 0.0827. The molecule has 0 spiro atoms. The van der Waals surface area contributed by atoms with E-state index in [9.17, 15) is 19.8 Å². The number of carbonyl (C=O) groups is 2. The van der Waals surface area contributed by atoms with Gasteiger partial charge in [-0.15, -0.1) is 0 Å². The largest absolute Gasteiger partial charge is 0.507 e. The van der Waals surface area contributed by atoms with E-state index < -0.39 is 11.8 Å². The van der Waals surface area contributed by atoms with Crippen LogP contribution in [0.5, 0.6) is 11.5 Å². The first kappa shape index (κ1) is 24.8. The first-order valence-corrected chi connectivity index (χ1v) is 11.8. The summed E-state index contributed by atoms with van der Waals surface area (Å²) in [5, 5.41) is 26.2. The molecule has 0 saturated heterocycles. The second-order valence-electron chi connectivity index (χ2n) is 8.36. The summed E-state index contributed by atoms with van der Waals surface area (Å²) in [5.41, 5.74) is 3.03. The van der Waals surface area contributed by atoms with E-state index in [2.05, 4.69) is 24.5 Å². The number of hydrogen-bond donors (Lipinski definition) is 4. The molecule has 0 aromatic heterocycles. The number of aromatic hydroxyl groups is 2. The topological polar surface area (TPSA) is 98.7 Å². The molecule has 0 bridgehead atoms. The van der Waals surface area contributed by atoms with Crippen molar-refractivity contribution in [2.45, 2.75) is 52.4 Å². The van der Waals surface area contributed by atoms with E-state index in [-0.39, 0.29) is 22.6 Å². The number of phenols is 2. The van der Waals surface area contributed by atoms with Crippen molar-refractivity contribution in [3.05, 3.63) is 82.9 Å².